The van der Waals surface area contributed by atoms with Crippen LogP contribution in [0.3, 0.4) is 0 Å². The van der Waals surface area contributed by atoms with Gasteiger partial charge in [-0.25, -0.2) is 0 Å². The van der Waals surface area contributed by atoms with E-state index >= 15 is 0 Å². The Morgan fingerprint density at radius 1 is 1.25 bits per heavy atom. The number of rotatable bonds is 5. The predicted octanol–water partition coefficient (Wildman–Crippen LogP) is 3.82. The summed E-state index contributed by atoms with van der Waals surface area (Å²) >= 11 is 5.95. The molecule has 0 spiro atoms. The summed E-state index contributed by atoms with van der Waals surface area (Å²) in [4.78, 5) is 14.4. The van der Waals surface area contributed by atoms with Crippen molar-refractivity contribution < 1.29 is 9.53 Å². The van der Waals surface area contributed by atoms with Gasteiger partial charge in [0.25, 0.3) is 5.91 Å². The molecule has 1 saturated heterocycles. The van der Waals surface area contributed by atoms with Gasteiger partial charge in [0.15, 0.2) is 6.10 Å². The molecule has 4 nitrogen and oxygen atoms in total. The monoisotopic (exact) mass is 344 g/mol. The second kappa shape index (κ2) is 7.58. The van der Waals surface area contributed by atoms with Crippen LogP contribution < -0.4 is 10.1 Å². The van der Waals surface area contributed by atoms with Crippen molar-refractivity contribution in [1.82, 2.24) is 4.90 Å². The molecule has 2 unspecified atom stereocenters. The first-order valence-corrected chi connectivity index (χ1v) is 8.52. The van der Waals surface area contributed by atoms with Crippen LogP contribution in [0.15, 0.2) is 54.6 Å². The van der Waals surface area contributed by atoms with Gasteiger partial charge in [-0.2, -0.15) is 0 Å². The lowest BCUT2D eigenvalue weighted by atomic mass is 10.2. The van der Waals surface area contributed by atoms with E-state index in [0.717, 1.165) is 18.7 Å². The van der Waals surface area contributed by atoms with E-state index < -0.39 is 6.10 Å². The van der Waals surface area contributed by atoms with Gasteiger partial charge >= 0.3 is 0 Å². The highest BCUT2D eigenvalue weighted by molar-refractivity contribution is 6.30. The molecule has 3 rings (SSSR count). The number of hydrogen-bond acceptors (Lipinski definition) is 3. The van der Waals surface area contributed by atoms with Crippen LogP contribution in [-0.4, -0.2) is 36.0 Å². The fourth-order valence-electron chi connectivity index (χ4n) is 2.90. The maximum atomic E-state index is 12.6. The third-order valence-corrected chi connectivity index (χ3v) is 4.34. The van der Waals surface area contributed by atoms with Gasteiger partial charge in [0.2, 0.25) is 0 Å². The fraction of sp³-hybridized carbons (Fsp3) is 0.316. The predicted molar refractivity (Wildman–Crippen MR) is 96.6 cm³/mol. The molecule has 1 fully saturated rings. The standard InChI is InChI=1S/C19H21ClN2O2/c1-14(24-18-9-5-6-15(20)12-18)19(23)22-11-10-17(13-22)21-16-7-3-2-4-8-16/h2-9,12,14,17,21H,10-11,13H2,1H3. The smallest absolute Gasteiger partial charge is 0.263 e. The zero-order chi connectivity index (χ0) is 16.9. The van der Waals surface area contributed by atoms with E-state index in [4.69, 9.17) is 16.3 Å². The van der Waals surface area contributed by atoms with Gasteiger partial charge in [-0.15, -0.1) is 0 Å². The summed E-state index contributed by atoms with van der Waals surface area (Å²) < 4.78 is 5.73. The topological polar surface area (TPSA) is 41.6 Å². The Kier molecular flexibility index (Phi) is 5.26. The first kappa shape index (κ1) is 16.7. The molecule has 1 aliphatic rings. The van der Waals surface area contributed by atoms with E-state index in [0.29, 0.717) is 17.3 Å². The maximum Gasteiger partial charge on any atom is 0.263 e. The molecule has 0 aliphatic carbocycles. The third kappa shape index (κ3) is 4.20. The number of likely N-dealkylation sites (tertiary alicyclic amines) is 1. The number of hydrogen-bond donors (Lipinski definition) is 1. The molecule has 2 aromatic rings. The summed E-state index contributed by atoms with van der Waals surface area (Å²) in [7, 11) is 0. The number of anilines is 1. The average molecular weight is 345 g/mol. The zero-order valence-corrected chi connectivity index (χ0v) is 14.4. The van der Waals surface area contributed by atoms with Gasteiger partial charge in [-0.1, -0.05) is 35.9 Å². The lowest BCUT2D eigenvalue weighted by Crippen LogP contribution is -2.40. The lowest BCUT2D eigenvalue weighted by molar-refractivity contribution is -0.136. The van der Waals surface area contributed by atoms with Crippen molar-refractivity contribution in [2.45, 2.75) is 25.5 Å². The van der Waals surface area contributed by atoms with Crippen LogP contribution in [0.4, 0.5) is 5.69 Å². The number of carbonyl (C=O) groups is 1. The minimum Gasteiger partial charge on any atom is -0.481 e. The quantitative estimate of drug-likeness (QED) is 0.896. The minimum absolute atomic E-state index is 0.00679. The number of nitrogens with one attached hydrogen (secondary N) is 1. The van der Waals surface area contributed by atoms with Crippen LogP contribution in [0.25, 0.3) is 0 Å². The molecule has 2 atom stereocenters. The van der Waals surface area contributed by atoms with E-state index in [9.17, 15) is 4.79 Å². The van der Waals surface area contributed by atoms with E-state index in [-0.39, 0.29) is 11.9 Å². The minimum atomic E-state index is -0.529. The number of benzene rings is 2. The van der Waals surface area contributed by atoms with Crippen LogP contribution in [0.2, 0.25) is 5.02 Å². The molecule has 0 bridgehead atoms. The van der Waals surface area contributed by atoms with Crippen LogP contribution in [0, 0.1) is 0 Å². The largest absolute Gasteiger partial charge is 0.481 e. The zero-order valence-electron chi connectivity index (χ0n) is 13.6. The molecule has 2 aromatic carbocycles. The molecule has 0 aromatic heterocycles. The molecule has 126 valence electrons. The number of carbonyl (C=O) groups excluding carboxylic acids is 1. The number of ether oxygens (including phenoxy) is 1. The van der Waals surface area contributed by atoms with Crippen LogP contribution in [0.1, 0.15) is 13.3 Å². The number of amides is 1. The second-order valence-corrected chi connectivity index (χ2v) is 6.43. The lowest BCUT2D eigenvalue weighted by Gasteiger charge is -2.22. The third-order valence-electron chi connectivity index (χ3n) is 4.10. The Bertz CT molecular complexity index is 693. The first-order valence-electron chi connectivity index (χ1n) is 8.14. The average Bonchev–Trinajstić information content (AvgIpc) is 3.03. The Morgan fingerprint density at radius 3 is 2.79 bits per heavy atom. The van der Waals surface area contributed by atoms with Crippen LogP contribution in [0.5, 0.6) is 5.75 Å². The SMILES string of the molecule is CC(Oc1cccc(Cl)c1)C(=O)N1CCC(Nc2ccccc2)C1. The molecular weight excluding hydrogens is 324 g/mol. The number of para-hydroxylation sites is 1. The normalized spacial score (nSPS) is 18.2. The molecule has 1 amide bonds. The van der Waals surface area contributed by atoms with Crippen LogP contribution in [-0.2, 0) is 4.79 Å². The Morgan fingerprint density at radius 2 is 2.04 bits per heavy atom. The van der Waals surface area contributed by atoms with Crippen molar-refractivity contribution in [2.75, 3.05) is 18.4 Å². The van der Waals surface area contributed by atoms with E-state index in [1.807, 2.05) is 41.3 Å². The van der Waals surface area contributed by atoms with Crippen molar-refractivity contribution in [3.05, 3.63) is 59.6 Å². The molecule has 24 heavy (non-hydrogen) atoms. The first-order chi connectivity index (χ1) is 11.6. The Labute approximate surface area is 147 Å². The van der Waals surface area contributed by atoms with Gasteiger partial charge in [-0.3, -0.25) is 4.79 Å². The van der Waals surface area contributed by atoms with Crippen molar-refractivity contribution in [3.8, 4) is 5.75 Å². The van der Waals surface area contributed by atoms with E-state index in [2.05, 4.69) is 5.32 Å². The van der Waals surface area contributed by atoms with E-state index in [1.165, 1.54) is 0 Å². The molecule has 1 N–H and O–H groups in total. The summed E-state index contributed by atoms with van der Waals surface area (Å²) in [6.07, 6.45) is 0.406. The maximum absolute atomic E-state index is 12.6. The van der Waals surface area contributed by atoms with E-state index in [1.54, 1.807) is 25.1 Å². The summed E-state index contributed by atoms with van der Waals surface area (Å²) in [5.74, 6) is 0.619. The molecule has 0 saturated carbocycles. The molecule has 0 radical (unpaired) electrons. The highest BCUT2D eigenvalue weighted by atomic mass is 35.5. The van der Waals surface area contributed by atoms with Crippen LogP contribution >= 0.6 is 11.6 Å². The summed E-state index contributed by atoms with van der Waals surface area (Å²) in [6.45, 7) is 3.21. The van der Waals surface area contributed by atoms with Crippen molar-refractivity contribution in [2.24, 2.45) is 0 Å². The number of halogens is 1. The Hall–Kier alpha value is -2.20. The van der Waals surface area contributed by atoms with Crippen molar-refractivity contribution >= 4 is 23.2 Å². The summed E-state index contributed by atoms with van der Waals surface area (Å²) in [5, 5.41) is 4.07. The molecule has 1 aliphatic heterocycles. The molecular formula is C19H21ClN2O2. The van der Waals surface area contributed by atoms with Gasteiger partial charge in [-0.05, 0) is 43.7 Å². The fourth-order valence-corrected chi connectivity index (χ4v) is 3.08. The molecule has 5 heteroatoms. The van der Waals surface area contributed by atoms with Gasteiger partial charge in [0.05, 0.1) is 0 Å². The number of nitrogens with zero attached hydrogens (tertiary/aromatic N) is 1. The van der Waals surface area contributed by atoms with Gasteiger partial charge in [0, 0.05) is 29.8 Å². The summed E-state index contributed by atoms with van der Waals surface area (Å²) in [5.41, 5.74) is 1.08. The van der Waals surface area contributed by atoms with Gasteiger partial charge in [0.1, 0.15) is 5.75 Å². The highest BCUT2D eigenvalue weighted by Gasteiger charge is 2.29. The molecule has 1 heterocycles. The second-order valence-electron chi connectivity index (χ2n) is 6.00. The van der Waals surface area contributed by atoms with Crippen molar-refractivity contribution in [1.29, 1.82) is 0 Å². The highest BCUT2D eigenvalue weighted by Crippen LogP contribution is 2.20. The Balaban J connectivity index is 1.54. The van der Waals surface area contributed by atoms with Gasteiger partial charge < -0.3 is 15.0 Å². The summed E-state index contributed by atoms with van der Waals surface area (Å²) in [6, 6.07) is 17.5. The van der Waals surface area contributed by atoms with Crippen molar-refractivity contribution in [3.63, 3.8) is 0 Å².